The van der Waals surface area contributed by atoms with Crippen LogP contribution in [0.2, 0.25) is 0 Å². The molecule has 6 nitrogen and oxygen atoms in total. The Morgan fingerprint density at radius 2 is 1.96 bits per heavy atom. The minimum atomic E-state index is 0.0992. The Bertz CT molecular complexity index is 942. The molecule has 0 aliphatic carbocycles. The molecular weight excluding hydrogens is 334 g/mol. The second-order valence-electron chi connectivity index (χ2n) is 6.90. The molecule has 4 heterocycles. The van der Waals surface area contributed by atoms with Gasteiger partial charge in [-0.15, -0.1) is 11.3 Å². The van der Waals surface area contributed by atoms with Crippen molar-refractivity contribution in [2.45, 2.75) is 39.5 Å². The lowest BCUT2D eigenvalue weighted by Gasteiger charge is -2.31. The summed E-state index contributed by atoms with van der Waals surface area (Å²) in [5.41, 5.74) is 4.10. The summed E-state index contributed by atoms with van der Waals surface area (Å²) in [5, 5.41) is 6.38. The van der Waals surface area contributed by atoms with Gasteiger partial charge in [-0.1, -0.05) is 0 Å². The predicted molar refractivity (Wildman–Crippen MR) is 98.4 cm³/mol. The van der Waals surface area contributed by atoms with E-state index < -0.39 is 0 Å². The quantitative estimate of drug-likeness (QED) is 0.708. The molecule has 1 fully saturated rings. The number of aromatic nitrogens is 4. The molecule has 132 valence electrons. The maximum Gasteiger partial charge on any atom is 0.257 e. The first-order chi connectivity index (χ1) is 12.0. The van der Waals surface area contributed by atoms with Gasteiger partial charge in [-0.25, -0.2) is 4.98 Å². The zero-order valence-corrected chi connectivity index (χ0v) is 15.9. The molecule has 0 spiro atoms. The van der Waals surface area contributed by atoms with Crippen LogP contribution in [-0.2, 0) is 7.05 Å². The number of likely N-dealkylation sites (tertiary alicyclic amines) is 1. The summed E-state index contributed by atoms with van der Waals surface area (Å²) >= 11 is 1.77. The van der Waals surface area contributed by atoms with Crippen molar-refractivity contribution in [3.05, 3.63) is 40.0 Å². The summed E-state index contributed by atoms with van der Waals surface area (Å²) < 4.78 is 4.00. The number of fused-ring (bicyclic) bond motifs is 1. The third-order valence-corrected chi connectivity index (χ3v) is 6.43. The number of hydrogen-bond donors (Lipinski definition) is 0. The van der Waals surface area contributed by atoms with Gasteiger partial charge in [0.15, 0.2) is 0 Å². The van der Waals surface area contributed by atoms with E-state index in [9.17, 15) is 4.79 Å². The number of carbonyl (C=O) groups excluding carboxylic acids is 1. The standard InChI is InChI=1S/C18H23N5OS/c1-11-10-25-18-16(20-13(3)23(11)18)14-5-7-22(8-6-14)17(24)15-9-19-21(4)12(15)2/h9-10,14H,5-8H2,1-4H3. The third-order valence-electron chi connectivity index (χ3n) is 5.36. The summed E-state index contributed by atoms with van der Waals surface area (Å²) in [6.45, 7) is 7.69. The van der Waals surface area contributed by atoms with E-state index in [-0.39, 0.29) is 5.91 Å². The van der Waals surface area contributed by atoms with E-state index in [4.69, 9.17) is 4.98 Å². The summed E-state index contributed by atoms with van der Waals surface area (Å²) in [7, 11) is 1.87. The van der Waals surface area contributed by atoms with Gasteiger partial charge in [0.25, 0.3) is 5.91 Å². The lowest BCUT2D eigenvalue weighted by atomic mass is 9.93. The number of rotatable bonds is 2. The third kappa shape index (κ3) is 2.57. The SMILES string of the molecule is Cc1c(C(=O)N2CCC(c3nc(C)n4c(C)csc34)CC2)cnn1C. The number of aryl methyl sites for hydroxylation is 3. The Balaban J connectivity index is 1.51. The highest BCUT2D eigenvalue weighted by atomic mass is 32.1. The maximum absolute atomic E-state index is 12.8. The molecule has 1 aliphatic rings. The number of thiazole rings is 1. The first-order valence-electron chi connectivity index (χ1n) is 8.68. The molecule has 0 N–H and O–H groups in total. The first kappa shape index (κ1) is 16.3. The van der Waals surface area contributed by atoms with Gasteiger partial charge in [0.1, 0.15) is 10.7 Å². The fourth-order valence-corrected chi connectivity index (χ4v) is 4.86. The Morgan fingerprint density at radius 1 is 1.24 bits per heavy atom. The zero-order chi connectivity index (χ0) is 17.7. The van der Waals surface area contributed by atoms with Gasteiger partial charge in [0, 0.05) is 42.8 Å². The minimum absolute atomic E-state index is 0.0992. The van der Waals surface area contributed by atoms with Gasteiger partial charge < -0.3 is 4.90 Å². The maximum atomic E-state index is 12.8. The van der Waals surface area contributed by atoms with E-state index in [0.717, 1.165) is 43.0 Å². The molecule has 0 saturated carbocycles. The molecule has 0 radical (unpaired) electrons. The van der Waals surface area contributed by atoms with Crippen molar-refractivity contribution in [1.29, 1.82) is 0 Å². The van der Waals surface area contributed by atoms with Crippen molar-refractivity contribution in [3.63, 3.8) is 0 Å². The smallest absolute Gasteiger partial charge is 0.257 e. The average molecular weight is 357 g/mol. The molecule has 0 atom stereocenters. The normalized spacial score (nSPS) is 16.1. The fraction of sp³-hybridized carbons (Fsp3) is 0.500. The van der Waals surface area contributed by atoms with Crippen LogP contribution in [-0.4, -0.2) is 43.1 Å². The van der Waals surface area contributed by atoms with Gasteiger partial charge in [-0.2, -0.15) is 5.10 Å². The van der Waals surface area contributed by atoms with E-state index in [2.05, 4.69) is 28.7 Å². The highest BCUT2D eigenvalue weighted by molar-refractivity contribution is 7.15. The molecule has 1 saturated heterocycles. The molecule has 0 bridgehead atoms. The van der Waals surface area contributed by atoms with Gasteiger partial charge in [-0.05, 0) is 33.6 Å². The number of imidazole rings is 1. The van der Waals surface area contributed by atoms with E-state index in [1.165, 1.54) is 16.2 Å². The lowest BCUT2D eigenvalue weighted by Crippen LogP contribution is -2.38. The van der Waals surface area contributed by atoms with Crippen LogP contribution in [0, 0.1) is 20.8 Å². The molecule has 7 heteroatoms. The van der Waals surface area contributed by atoms with Crippen LogP contribution in [0.25, 0.3) is 4.83 Å². The van der Waals surface area contributed by atoms with E-state index in [0.29, 0.717) is 5.92 Å². The Morgan fingerprint density at radius 3 is 2.60 bits per heavy atom. The van der Waals surface area contributed by atoms with Gasteiger partial charge in [0.05, 0.1) is 17.5 Å². The van der Waals surface area contributed by atoms with Crippen LogP contribution in [0.15, 0.2) is 11.6 Å². The number of amides is 1. The topological polar surface area (TPSA) is 55.4 Å². The second-order valence-corrected chi connectivity index (χ2v) is 7.75. The Labute approximate surface area is 151 Å². The molecule has 3 aromatic rings. The molecule has 0 unspecified atom stereocenters. The molecular formula is C18H23N5OS. The highest BCUT2D eigenvalue weighted by Gasteiger charge is 2.29. The van der Waals surface area contributed by atoms with Crippen molar-refractivity contribution >= 4 is 22.1 Å². The molecule has 4 rings (SSSR count). The van der Waals surface area contributed by atoms with Gasteiger partial charge in [-0.3, -0.25) is 13.9 Å². The van der Waals surface area contributed by atoms with Crippen molar-refractivity contribution in [3.8, 4) is 0 Å². The van der Waals surface area contributed by atoms with E-state index in [1.807, 2.05) is 18.9 Å². The van der Waals surface area contributed by atoms with Crippen molar-refractivity contribution < 1.29 is 4.79 Å². The first-order valence-corrected chi connectivity index (χ1v) is 9.56. The second kappa shape index (κ2) is 5.98. The van der Waals surface area contributed by atoms with E-state index >= 15 is 0 Å². The van der Waals surface area contributed by atoms with Crippen LogP contribution in [0.5, 0.6) is 0 Å². The summed E-state index contributed by atoms with van der Waals surface area (Å²) in [4.78, 5) is 20.8. The number of carbonyl (C=O) groups is 1. The summed E-state index contributed by atoms with van der Waals surface area (Å²) in [6.07, 6.45) is 3.61. The fourth-order valence-electron chi connectivity index (χ4n) is 3.76. The number of piperidine rings is 1. The van der Waals surface area contributed by atoms with Crippen LogP contribution in [0.3, 0.4) is 0 Å². The van der Waals surface area contributed by atoms with E-state index in [1.54, 1.807) is 22.2 Å². The monoisotopic (exact) mass is 357 g/mol. The predicted octanol–water partition coefficient (Wildman–Crippen LogP) is 3.07. The summed E-state index contributed by atoms with van der Waals surface area (Å²) in [5.74, 6) is 1.59. The summed E-state index contributed by atoms with van der Waals surface area (Å²) in [6, 6.07) is 0. The molecule has 1 amide bonds. The molecule has 25 heavy (non-hydrogen) atoms. The van der Waals surface area contributed by atoms with Crippen molar-refractivity contribution in [1.82, 2.24) is 24.1 Å². The minimum Gasteiger partial charge on any atom is -0.338 e. The largest absolute Gasteiger partial charge is 0.338 e. The average Bonchev–Trinajstić information content (AvgIpc) is 3.25. The van der Waals surface area contributed by atoms with Crippen LogP contribution in [0.1, 0.15) is 52.0 Å². The number of hydrogen-bond acceptors (Lipinski definition) is 4. The van der Waals surface area contributed by atoms with Crippen LogP contribution >= 0.6 is 11.3 Å². The van der Waals surface area contributed by atoms with Crippen LogP contribution in [0.4, 0.5) is 0 Å². The van der Waals surface area contributed by atoms with Gasteiger partial charge >= 0.3 is 0 Å². The Kier molecular flexibility index (Phi) is 3.91. The van der Waals surface area contributed by atoms with Crippen molar-refractivity contribution in [2.24, 2.45) is 7.05 Å². The number of nitrogens with zero attached hydrogens (tertiary/aromatic N) is 5. The molecule has 1 aliphatic heterocycles. The van der Waals surface area contributed by atoms with Gasteiger partial charge in [0.2, 0.25) is 0 Å². The Hall–Kier alpha value is -2.15. The van der Waals surface area contributed by atoms with Crippen LogP contribution < -0.4 is 0 Å². The highest BCUT2D eigenvalue weighted by Crippen LogP contribution is 2.34. The lowest BCUT2D eigenvalue weighted by molar-refractivity contribution is 0.0711. The molecule has 0 aromatic carbocycles. The zero-order valence-electron chi connectivity index (χ0n) is 15.1. The molecule has 3 aromatic heterocycles. The van der Waals surface area contributed by atoms with Crippen molar-refractivity contribution in [2.75, 3.05) is 13.1 Å².